The van der Waals surface area contributed by atoms with Crippen LogP contribution in [0.2, 0.25) is 0 Å². The molecule has 0 bridgehead atoms. The minimum absolute atomic E-state index is 0.0842. The van der Waals surface area contributed by atoms with Gasteiger partial charge in [-0.05, 0) is 36.8 Å². The van der Waals surface area contributed by atoms with Gasteiger partial charge in [-0.2, -0.15) is 5.26 Å². The molecule has 2 N–H and O–H groups in total. The van der Waals surface area contributed by atoms with E-state index < -0.39 is 0 Å². The van der Waals surface area contributed by atoms with E-state index in [1.165, 1.54) is 0 Å². The first-order valence-corrected chi connectivity index (χ1v) is 7.06. The van der Waals surface area contributed by atoms with Gasteiger partial charge in [0.05, 0.1) is 11.6 Å². The van der Waals surface area contributed by atoms with Gasteiger partial charge in [-0.25, -0.2) is 0 Å². The normalized spacial score (nSPS) is 11.7. The van der Waals surface area contributed by atoms with Gasteiger partial charge in [0.1, 0.15) is 12.4 Å². The van der Waals surface area contributed by atoms with Gasteiger partial charge in [-0.15, -0.1) is 0 Å². The number of ether oxygens (including phenoxy) is 1. The van der Waals surface area contributed by atoms with Crippen molar-refractivity contribution in [2.45, 2.75) is 19.6 Å². The van der Waals surface area contributed by atoms with Gasteiger partial charge in [0, 0.05) is 16.1 Å². The lowest BCUT2D eigenvalue weighted by molar-refractivity contribution is 0.301. The largest absolute Gasteiger partial charge is 0.489 e. The Labute approximate surface area is 127 Å². The highest BCUT2D eigenvalue weighted by molar-refractivity contribution is 9.10. The molecule has 4 heteroatoms. The van der Waals surface area contributed by atoms with Crippen LogP contribution in [0.15, 0.2) is 46.9 Å². The Balaban J connectivity index is 2.13. The summed E-state index contributed by atoms with van der Waals surface area (Å²) >= 11 is 3.43. The summed E-state index contributed by atoms with van der Waals surface area (Å²) in [6, 6.07) is 15.2. The summed E-state index contributed by atoms with van der Waals surface area (Å²) in [6.45, 7) is 2.37. The number of nitriles is 1. The molecule has 2 aromatic rings. The van der Waals surface area contributed by atoms with Gasteiger partial charge in [0.2, 0.25) is 0 Å². The zero-order chi connectivity index (χ0) is 14.5. The molecule has 1 atom stereocenters. The standard InChI is InChI=1S/C16H15BrN2O/c1-11(19)15-7-6-14(17)8-16(15)20-10-13-4-2-12(9-18)3-5-13/h2-8,11H,10,19H2,1H3/t11-/m0/s1. The molecule has 0 radical (unpaired) electrons. The summed E-state index contributed by atoms with van der Waals surface area (Å²) in [4.78, 5) is 0. The molecule has 0 aliphatic heterocycles. The molecule has 0 aliphatic rings. The van der Waals surface area contributed by atoms with Crippen LogP contribution in [0, 0.1) is 11.3 Å². The third-order valence-corrected chi connectivity index (χ3v) is 3.44. The first-order chi connectivity index (χ1) is 9.60. The maximum atomic E-state index is 8.76. The van der Waals surface area contributed by atoms with E-state index in [9.17, 15) is 0 Å². The molecule has 0 aliphatic carbocycles. The Kier molecular flexibility index (Phi) is 4.78. The Bertz CT molecular complexity index is 630. The minimum atomic E-state index is -0.0842. The van der Waals surface area contributed by atoms with Crippen molar-refractivity contribution in [2.75, 3.05) is 0 Å². The molecule has 0 fully saturated rings. The van der Waals surface area contributed by atoms with Gasteiger partial charge in [-0.3, -0.25) is 0 Å². The Hall–Kier alpha value is -1.83. The third-order valence-electron chi connectivity index (χ3n) is 2.94. The fraction of sp³-hybridized carbons (Fsp3) is 0.188. The van der Waals surface area contributed by atoms with Gasteiger partial charge >= 0.3 is 0 Å². The SMILES string of the molecule is C[C@H](N)c1ccc(Br)cc1OCc1ccc(C#N)cc1. The molecule has 0 amide bonds. The van der Waals surface area contributed by atoms with Crippen LogP contribution in [0.25, 0.3) is 0 Å². The number of rotatable bonds is 4. The second-order valence-electron chi connectivity index (χ2n) is 4.57. The smallest absolute Gasteiger partial charge is 0.125 e. The van der Waals surface area contributed by atoms with E-state index >= 15 is 0 Å². The lowest BCUT2D eigenvalue weighted by atomic mass is 10.1. The lowest BCUT2D eigenvalue weighted by Gasteiger charge is -2.14. The van der Waals surface area contributed by atoms with Crippen LogP contribution in [-0.4, -0.2) is 0 Å². The fourth-order valence-electron chi connectivity index (χ4n) is 1.85. The molecular weight excluding hydrogens is 316 g/mol. The van der Waals surface area contributed by atoms with E-state index in [0.717, 1.165) is 21.3 Å². The Morgan fingerprint density at radius 3 is 2.55 bits per heavy atom. The molecule has 3 nitrogen and oxygen atoms in total. The van der Waals surface area contributed by atoms with E-state index in [1.54, 1.807) is 12.1 Å². The average molecular weight is 331 g/mol. The number of nitrogens with two attached hydrogens (primary N) is 1. The van der Waals surface area contributed by atoms with E-state index in [2.05, 4.69) is 22.0 Å². The van der Waals surface area contributed by atoms with E-state index in [0.29, 0.717) is 12.2 Å². The number of benzene rings is 2. The summed E-state index contributed by atoms with van der Waals surface area (Å²) in [5.74, 6) is 0.777. The van der Waals surface area contributed by atoms with Crippen molar-refractivity contribution in [3.63, 3.8) is 0 Å². The second-order valence-corrected chi connectivity index (χ2v) is 5.48. The highest BCUT2D eigenvalue weighted by Crippen LogP contribution is 2.28. The molecule has 0 spiro atoms. The number of halogens is 1. The van der Waals surface area contributed by atoms with Crippen molar-refractivity contribution in [2.24, 2.45) is 5.73 Å². The molecule has 0 heterocycles. The van der Waals surface area contributed by atoms with Gasteiger partial charge < -0.3 is 10.5 Å². The van der Waals surface area contributed by atoms with Crippen LogP contribution < -0.4 is 10.5 Å². The molecule has 0 saturated heterocycles. The Morgan fingerprint density at radius 2 is 1.95 bits per heavy atom. The minimum Gasteiger partial charge on any atom is -0.489 e. The number of nitrogens with zero attached hydrogens (tertiary/aromatic N) is 1. The van der Waals surface area contributed by atoms with Crippen molar-refractivity contribution in [3.8, 4) is 11.8 Å². The summed E-state index contributed by atoms with van der Waals surface area (Å²) in [5, 5.41) is 8.76. The molecule has 0 aromatic heterocycles. The average Bonchev–Trinajstić information content (AvgIpc) is 2.45. The first-order valence-electron chi connectivity index (χ1n) is 6.27. The van der Waals surface area contributed by atoms with Gasteiger partial charge in [0.25, 0.3) is 0 Å². The van der Waals surface area contributed by atoms with Crippen molar-refractivity contribution in [1.29, 1.82) is 5.26 Å². The fourth-order valence-corrected chi connectivity index (χ4v) is 2.19. The molecule has 0 unspecified atom stereocenters. The van der Waals surface area contributed by atoms with Crippen molar-refractivity contribution in [1.82, 2.24) is 0 Å². The van der Waals surface area contributed by atoms with Crippen molar-refractivity contribution in [3.05, 3.63) is 63.6 Å². The predicted octanol–water partition coefficient (Wildman–Crippen LogP) is 3.92. The molecule has 2 rings (SSSR count). The summed E-state index contributed by atoms with van der Waals surface area (Å²) in [5.41, 5.74) is 8.57. The third kappa shape index (κ3) is 3.60. The van der Waals surface area contributed by atoms with Crippen LogP contribution in [0.4, 0.5) is 0 Å². The molecule has 102 valence electrons. The number of hydrogen-bond donors (Lipinski definition) is 1. The first kappa shape index (κ1) is 14.6. The van der Waals surface area contributed by atoms with Crippen LogP contribution in [-0.2, 0) is 6.61 Å². The summed E-state index contributed by atoms with van der Waals surface area (Å²) in [6.07, 6.45) is 0. The molecule has 0 saturated carbocycles. The maximum absolute atomic E-state index is 8.76. The highest BCUT2D eigenvalue weighted by Gasteiger charge is 2.09. The zero-order valence-corrected chi connectivity index (χ0v) is 12.7. The summed E-state index contributed by atoms with van der Waals surface area (Å²) in [7, 11) is 0. The van der Waals surface area contributed by atoms with Crippen LogP contribution in [0.3, 0.4) is 0 Å². The topological polar surface area (TPSA) is 59.0 Å². The van der Waals surface area contributed by atoms with E-state index in [-0.39, 0.29) is 6.04 Å². The maximum Gasteiger partial charge on any atom is 0.125 e. The van der Waals surface area contributed by atoms with Crippen molar-refractivity contribution >= 4 is 15.9 Å². The highest BCUT2D eigenvalue weighted by atomic mass is 79.9. The second kappa shape index (κ2) is 6.56. The quantitative estimate of drug-likeness (QED) is 0.924. The van der Waals surface area contributed by atoms with E-state index in [1.807, 2.05) is 37.3 Å². The summed E-state index contributed by atoms with van der Waals surface area (Å²) < 4.78 is 6.80. The molecule has 2 aromatic carbocycles. The monoisotopic (exact) mass is 330 g/mol. The molecular formula is C16H15BrN2O. The van der Waals surface area contributed by atoms with Gasteiger partial charge in [0.15, 0.2) is 0 Å². The Morgan fingerprint density at radius 1 is 1.25 bits per heavy atom. The van der Waals surface area contributed by atoms with Crippen LogP contribution in [0.5, 0.6) is 5.75 Å². The van der Waals surface area contributed by atoms with Crippen LogP contribution in [0.1, 0.15) is 29.7 Å². The van der Waals surface area contributed by atoms with Crippen LogP contribution >= 0.6 is 15.9 Å². The van der Waals surface area contributed by atoms with Gasteiger partial charge in [-0.1, -0.05) is 34.1 Å². The van der Waals surface area contributed by atoms with Crippen molar-refractivity contribution < 1.29 is 4.74 Å². The molecule has 20 heavy (non-hydrogen) atoms. The van der Waals surface area contributed by atoms with E-state index in [4.69, 9.17) is 15.7 Å². The zero-order valence-electron chi connectivity index (χ0n) is 11.1. The number of hydrogen-bond acceptors (Lipinski definition) is 3. The lowest BCUT2D eigenvalue weighted by Crippen LogP contribution is -2.08. The predicted molar refractivity (Wildman–Crippen MR) is 82.2 cm³/mol.